The van der Waals surface area contributed by atoms with Crippen molar-refractivity contribution in [1.82, 2.24) is 4.31 Å². The highest BCUT2D eigenvalue weighted by Crippen LogP contribution is 2.34. The average molecular weight is 408 g/mol. The number of nitro benzene ring substituents is 1. The molecule has 2 aromatic carbocycles. The third-order valence-corrected chi connectivity index (χ3v) is 5.99. The maximum atomic E-state index is 12.7. The molecule has 1 heterocycles. The zero-order chi connectivity index (χ0) is 20.1. The van der Waals surface area contributed by atoms with E-state index in [0.29, 0.717) is 31.3 Å². The van der Waals surface area contributed by atoms with E-state index in [1.54, 1.807) is 24.3 Å². The standard InChI is InChI=1S/C18H20N2O7S/c1-2-26-14-3-5-15(6-4-14)27-18-8-7-16(13-17(18)20(21)22)28(23,24)19-9-11-25-12-10-19/h3-8,13H,2,9-12H2,1H3. The van der Waals surface area contributed by atoms with Crippen LogP contribution in [-0.2, 0) is 14.8 Å². The van der Waals surface area contributed by atoms with Crippen molar-refractivity contribution >= 4 is 15.7 Å². The van der Waals surface area contributed by atoms with Gasteiger partial charge in [-0.1, -0.05) is 0 Å². The molecular formula is C18H20N2O7S. The van der Waals surface area contributed by atoms with Crippen LogP contribution in [0.2, 0.25) is 0 Å². The van der Waals surface area contributed by atoms with E-state index >= 15 is 0 Å². The van der Waals surface area contributed by atoms with E-state index in [2.05, 4.69) is 0 Å². The molecular weight excluding hydrogens is 388 g/mol. The van der Waals surface area contributed by atoms with Crippen LogP contribution in [0.3, 0.4) is 0 Å². The Hall–Kier alpha value is -2.69. The first-order valence-electron chi connectivity index (χ1n) is 8.69. The van der Waals surface area contributed by atoms with Gasteiger partial charge in [-0.25, -0.2) is 8.42 Å². The Morgan fingerprint density at radius 1 is 1.11 bits per heavy atom. The van der Waals surface area contributed by atoms with Crippen LogP contribution in [0.15, 0.2) is 47.4 Å². The van der Waals surface area contributed by atoms with Crippen molar-refractivity contribution in [3.63, 3.8) is 0 Å². The van der Waals surface area contributed by atoms with Gasteiger partial charge in [0.25, 0.3) is 0 Å². The summed E-state index contributed by atoms with van der Waals surface area (Å²) in [5.74, 6) is 0.974. The largest absolute Gasteiger partial charge is 0.494 e. The van der Waals surface area contributed by atoms with E-state index in [0.717, 1.165) is 6.07 Å². The molecule has 0 radical (unpaired) electrons. The summed E-state index contributed by atoms with van der Waals surface area (Å²) in [6, 6.07) is 10.2. The summed E-state index contributed by atoms with van der Waals surface area (Å²) in [5, 5.41) is 11.5. The van der Waals surface area contributed by atoms with E-state index in [1.807, 2.05) is 6.92 Å². The van der Waals surface area contributed by atoms with Crippen molar-refractivity contribution in [2.45, 2.75) is 11.8 Å². The Morgan fingerprint density at radius 2 is 1.75 bits per heavy atom. The van der Waals surface area contributed by atoms with Crippen LogP contribution in [0.25, 0.3) is 0 Å². The number of ether oxygens (including phenoxy) is 3. The molecule has 0 saturated carbocycles. The summed E-state index contributed by atoms with van der Waals surface area (Å²) in [7, 11) is -3.84. The third-order valence-electron chi connectivity index (χ3n) is 4.10. The molecule has 2 aromatic rings. The number of benzene rings is 2. The molecule has 28 heavy (non-hydrogen) atoms. The molecule has 1 aliphatic rings. The molecule has 3 rings (SSSR count). The lowest BCUT2D eigenvalue weighted by Gasteiger charge is -2.26. The predicted molar refractivity (Wildman–Crippen MR) is 100 cm³/mol. The molecule has 1 fully saturated rings. The van der Waals surface area contributed by atoms with Crippen LogP contribution < -0.4 is 9.47 Å². The van der Waals surface area contributed by atoms with Crippen LogP contribution in [0.4, 0.5) is 5.69 Å². The van der Waals surface area contributed by atoms with E-state index in [4.69, 9.17) is 14.2 Å². The molecule has 1 saturated heterocycles. The number of hydrogen-bond donors (Lipinski definition) is 0. The molecule has 0 aliphatic carbocycles. The molecule has 0 bridgehead atoms. The summed E-state index contributed by atoms with van der Waals surface area (Å²) in [5.41, 5.74) is -0.428. The molecule has 9 nitrogen and oxygen atoms in total. The summed E-state index contributed by atoms with van der Waals surface area (Å²) < 4.78 is 42.8. The van der Waals surface area contributed by atoms with Gasteiger partial charge in [-0.05, 0) is 43.3 Å². The smallest absolute Gasteiger partial charge is 0.312 e. The number of rotatable bonds is 7. The van der Waals surface area contributed by atoms with Crippen LogP contribution >= 0.6 is 0 Å². The molecule has 0 unspecified atom stereocenters. The first-order valence-corrected chi connectivity index (χ1v) is 10.1. The Kier molecular flexibility index (Phi) is 6.12. The lowest BCUT2D eigenvalue weighted by Crippen LogP contribution is -2.40. The molecule has 0 amide bonds. The monoisotopic (exact) mass is 408 g/mol. The summed E-state index contributed by atoms with van der Waals surface area (Å²) in [6.07, 6.45) is 0. The first-order chi connectivity index (χ1) is 13.4. The molecule has 0 spiro atoms. The first kappa shape index (κ1) is 20.1. The predicted octanol–water partition coefficient (Wildman–Crippen LogP) is 2.81. The van der Waals surface area contributed by atoms with E-state index in [1.165, 1.54) is 16.4 Å². The quantitative estimate of drug-likeness (QED) is 0.512. The number of sulfonamides is 1. The van der Waals surface area contributed by atoms with Crippen LogP contribution in [-0.4, -0.2) is 50.6 Å². The Labute approximate surface area is 162 Å². The Morgan fingerprint density at radius 3 is 2.36 bits per heavy atom. The minimum absolute atomic E-state index is 0.0462. The second kappa shape index (κ2) is 8.55. The van der Waals surface area contributed by atoms with Crippen molar-refractivity contribution in [2.75, 3.05) is 32.9 Å². The van der Waals surface area contributed by atoms with Crippen molar-refractivity contribution in [3.05, 3.63) is 52.6 Å². The van der Waals surface area contributed by atoms with Gasteiger partial charge in [0.2, 0.25) is 15.8 Å². The van der Waals surface area contributed by atoms with Gasteiger partial charge in [0.15, 0.2) is 0 Å². The molecule has 150 valence electrons. The lowest BCUT2D eigenvalue weighted by molar-refractivity contribution is -0.385. The van der Waals surface area contributed by atoms with Crippen molar-refractivity contribution < 1.29 is 27.6 Å². The van der Waals surface area contributed by atoms with E-state index in [-0.39, 0.29) is 23.7 Å². The topological polar surface area (TPSA) is 108 Å². The van der Waals surface area contributed by atoms with Crippen molar-refractivity contribution in [3.8, 4) is 17.2 Å². The minimum Gasteiger partial charge on any atom is -0.494 e. The highest BCUT2D eigenvalue weighted by Gasteiger charge is 2.29. The number of nitro groups is 1. The van der Waals surface area contributed by atoms with Gasteiger partial charge >= 0.3 is 5.69 Å². The number of nitrogens with zero attached hydrogens (tertiary/aromatic N) is 2. The van der Waals surface area contributed by atoms with Crippen molar-refractivity contribution in [1.29, 1.82) is 0 Å². The van der Waals surface area contributed by atoms with Gasteiger partial charge in [0, 0.05) is 19.2 Å². The average Bonchev–Trinajstić information content (AvgIpc) is 2.70. The highest BCUT2D eigenvalue weighted by atomic mass is 32.2. The number of morpholine rings is 1. The molecule has 0 atom stereocenters. The van der Waals surface area contributed by atoms with Crippen LogP contribution in [0.5, 0.6) is 17.2 Å². The van der Waals surface area contributed by atoms with Gasteiger partial charge in [-0.2, -0.15) is 4.31 Å². The van der Waals surface area contributed by atoms with Gasteiger partial charge in [0.05, 0.1) is 29.6 Å². The Bertz CT molecular complexity index is 939. The fraction of sp³-hybridized carbons (Fsp3) is 0.333. The minimum atomic E-state index is -3.84. The zero-order valence-electron chi connectivity index (χ0n) is 15.2. The summed E-state index contributed by atoms with van der Waals surface area (Å²) in [4.78, 5) is 10.7. The van der Waals surface area contributed by atoms with Gasteiger partial charge in [-0.3, -0.25) is 10.1 Å². The van der Waals surface area contributed by atoms with E-state index in [9.17, 15) is 18.5 Å². The maximum absolute atomic E-state index is 12.7. The highest BCUT2D eigenvalue weighted by molar-refractivity contribution is 7.89. The number of hydrogen-bond acceptors (Lipinski definition) is 7. The van der Waals surface area contributed by atoms with Crippen molar-refractivity contribution in [2.24, 2.45) is 0 Å². The fourth-order valence-corrected chi connectivity index (χ4v) is 4.15. The van der Waals surface area contributed by atoms with Crippen LogP contribution in [0.1, 0.15) is 6.92 Å². The second-order valence-corrected chi connectivity index (χ2v) is 7.85. The van der Waals surface area contributed by atoms with E-state index < -0.39 is 20.6 Å². The zero-order valence-corrected chi connectivity index (χ0v) is 16.1. The second-order valence-electron chi connectivity index (χ2n) is 5.91. The normalized spacial score (nSPS) is 15.2. The molecule has 0 N–H and O–H groups in total. The van der Waals surface area contributed by atoms with Gasteiger partial charge in [-0.15, -0.1) is 0 Å². The fourth-order valence-electron chi connectivity index (χ4n) is 2.72. The third kappa shape index (κ3) is 4.41. The van der Waals surface area contributed by atoms with Crippen LogP contribution in [0, 0.1) is 10.1 Å². The molecule has 1 aliphatic heterocycles. The maximum Gasteiger partial charge on any atom is 0.312 e. The summed E-state index contributed by atoms with van der Waals surface area (Å²) >= 11 is 0. The lowest BCUT2D eigenvalue weighted by atomic mass is 10.3. The van der Waals surface area contributed by atoms with Gasteiger partial charge < -0.3 is 14.2 Å². The molecule has 0 aromatic heterocycles. The van der Waals surface area contributed by atoms with Gasteiger partial charge in [0.1, 0.15) is 11.5 Å². The Balaban J connectivity index is 1.88. The summed E-state index contributed by atoms with van der Waals surface area (Å²) in [6.45, 7) is 3.38. The molecule has 10 heteroatoms. The SMILES string of the molecule is CCOc1ccc(Oc2ccc(S(=O)(=O)N3CCOCC3)cc2[N+](=O)[O-])cc1.